The number of methoxy groups -OCH3 is 1. The summed E-state index contributed by atoms with van der Waals surface area (Å²) in [4.78, 5) is 61.2. The van der Waals surface area contributed by atoms with Crippen molar-refractivity contribution in [2.75, 3.05) is 46.6 Å². The maximum atomic E-state index is 13.9. The summed E-state index contributed by atoms with van der Waals surface area (Å²) in [7, 11) is 3.14. The van der Waals surface area contributed by atoms with Crippen molar-refractivity contribution in [2.45, 2.75) is 54.4 Å². The van der Waals surface area contributed by atoms with Gasteiger partial charge in [-0.25, -0.2) is 9.59 Å². The van der Waals surface area contributed by atoms with Gasteiger partial charge in [0.2, 0.25) is 0 Å². The maximum absolute atomic E-state index is 13.9. The maximum Gasteiger partial charge on any atom is 0.338 e. The summed E-state index contributed by atoms with van der Waals surface area (Å²) >= 11 is 11.5. The zero-order chi connectivity index (χ0) is 44.3. The number of carbonyl (C=O) groups is 5. The number of carbonyl (C=O) groups excluding carboxylic acids is 2. The molecule has 2 unspecified atom stereocenters. The molecule has 14 nitrogen and oxygen atoms in total. The van der Waals surface area contributed by atoms with Crippen LogP contribution in [-0.2, 0) is 30.3 Å². The number of rotatable bonds is 15. The van der Waals surface area contributed by atoms with Crippen LogP contribution in [0.25, 0.3) is 10.8 Å². The Hall–Kier alpha value is -5.21. The lowest BCUT2D eigenvalue weighted by Gasteiger charge is -2.34. The number of esters is 1. The largest absolute Gasteiger partial charge is 0.612 e. The Morgan fingerprint density at radius 1 is 0.967 bits per heavy atom. The van der Waals surface area contributed by atoms with Crippen LogP contribution in [0.15, 0.2) is 77.7 Å². The zero-order valence-corrected chi connectivity index (χ0v) is 35.4. The van der Waals surface area contributed by atoms with Crippen LogP contribution in [0.4, 0.5) is 0 Å². The Labute approximate surface area is 360 Å². The minimum atomic E-state index is -2.74. The Morgan fingerprint density at radius 2 is 1.62 bits per heavy atom. The molecule has 318 valence electrons. The fraction of sp³-hybridized carbons (Fsp3) is 0.349. The average Bonchev–Trinajstić information content (AvgIpc) is 3.21. The molecular weight excluding hydrogens is 837 g/mol. The van der Waals surface area contributed by atoms with E-state index in [2.05, 4.69) is 11.0 Å². The fourth-order valence-corrected chi connectivity index (χ4v) is 8.35. The van der Waals surface area contributed by atoms with Gasteiger partial charge in [0.1, 0.15) is 6.26 Å². The van der Waals surface area contributed by atoms with Crippen LogP contribution in [0.3, 0.4) is 0 Å². The number of benzene rings is 4. The first-order valence-electron chi connectivity index (χ1n) is 18.7. The van der Waals surface area contributed by atoms with Crippen LogP contribution in [-0.4, -0.2) is 117 Å². The second-order valence-electron chi connectivity index (χ2n) is 14.5. The van der Waals surface area contributed by atoms with Crippen molar-refractivity contribution < 1.29 is 53.7 Å². The molecule has 4 aromatic carbocycles. The van der Waals surface area contributed by atoms with Crippen LogP contribution >= 0.6 is 23.2 Å². The number of fused-ring (bicyclic) bond motifs is 1. The number of aliphatic hydroxyl groups is 1. The molecule has 0 aliphatic carbocycles. The van der Waals surface area contributed by atoms with Crippen LogP contribution in [0, 0.1) is 11.3 Å². The molecule has 1 aliphatic heterocycles. The van der Waals surface area contributed by atoms with Gasteiger partial charge in [0.25, 0.3) is 5.91 Å². The van der Waals surface area contributed by atoms with Crippen LogP contribution in [0.2, 0.25) is 10.0 Å². The number of nitrogens with zero attached hydrogens (tertiary/aromatic N) is 3. The fourth-order valence-electron chi connectivity index (χ4n) is 7.19. The van der Waals surface area contributed by atoms with Gasteiger partial charge in [-0.1, -0.05) is 59.6 Å². The topological polar surface area (TPSA) is 229 Å². The molecule has 1 saturated heterocycles. The molecule has 1 heterocycles. The van der Waals surface area contributed by atoms with Crippen molar-refractivity contribution in [1.29, 1.82) is 5.26 Å². The molecule has 60 heavy (non-hydrogen) atoms. The highest BCUT2D eigenvalue weighted by molar-refractivity contribution is 7.90. The average molecular weight is 883 g/mol. The smallest absolute Gasteiger partial charge is 0.338 e. The molecule has 0 radical (unpaired) electrons. The number of likely N-dealkylation sites (N-methyl/N-ethyl adjacent to an activating group) is 1. The third kappa shape index (κ3) is 12.4. The van der Waals surface area contributed by atoms with Crippen molar-refractivity contribution >= 4 is 74.9 Å². The SMILES string of the molecule is COC(=O)c1ccc(C2CCN(CCC(CN(C)C(=O)c3cc(C#N)cc4ccccc34)c3ccc(Cl)c(Cl)c3)CC2)c([S+](C)[O-])c1.O=C(O)CC(O)(CC(=O)O)C(=O)O. The van der Waals surface area contributed by atoms with Gasteiger partial charge in [-0.2, -0.15) is 5.26 Å². The number of carboxylic acids is 3. The molecule has 0 aromatic heterocycles. The van der Waals surface area contributed by atoms with Crippen LogP contribution < -0.4 is 0 Å². The van der Waals surface area contributed by atoms with Crippen LogP contribution in [0.1, 0.15) is 81.3 Å². The molecule has 1 amide bonds. The van der Waals surface area contributed by atoms with E-state index in [9.17, 15) is 33.8 Å². The van der Waals surface area contributed by atoms with Crippen LogP contribution in [0.5, 0.6) is 0 Å². The Morgan fingerprint density at radius 3 is 2.18 bits per heavy atom. The van der Waals surface area contributed by atoms with Crippen molar-refractivity contribution in [3.8, 4) is 6.07 Å². The first kappa shape index (κ1) is 47.5. The Kier molecular flexibility index (Phi) is 16.9. The number of likely N-dealkylation sites (tertiary alicyclic amines) is 1. The van der Waals surface area contributed by atoms with Gasteiger partial charge in [-0.15, -0.1) is 0 Å². The summed E-state index contributed by atoms with van der Waals surface area (Å²) in [6.45, 7) is 3.01. The highest BCUT2D eigenvalue weighted by Crippen LogP contribution is 2.35. The third-order valence-corrected chi connectivity index (χ3v) is 12.0. The lowest BCUT2D eigenvalue weighted by molar-refractivity contribution is -0.170. The van der Waals surface area contributed by atoms with Gasteiger partial charge < -0.3 is 39.5 Å². The van der Waals surface area contributed by atoms with Gasteiger partial charge >= 0.3 is 23.9 Å². The van der Waals surface area contributed by atoms with Crippen molar-refractivity contribution in [1.82, 2.24) is 9.80 Å². The standard InChI is InChI=1S/C37H37Cl2N3O4S.C6H8O7/c1-41(36(43)32-19-24(22-40)18-27-6-4-5-7-30(27)32)23-29(26-9-11-33(38)34(39)20-26)14-17-42-15-12-25(13-16-42)31-10-8-28(37(44)46-2)21-35(31)47(3)45;7-3(8)1-6(13,5(11)12)2-4(9)10/h4-11,18-21,25,29H,12-17,23H2,1-3H3;13H,1-2H2,(H,7,8)(H,9,10)(H,11,12). The summed E-state index contributed by atoms with van der Waals surface area (Å²) in [6, 6.07) is 24.3. The van der Waals surface area contributed by atoms with E-state index in [1.807, 2.05) is 42.5 Å². The second-order valence-corrected chi connectivity index (χ2v) is 16.7. The monoisotopic (exact) mass is 881 g/mol. The summed E-state index contributed by atoms with van der Waals surface area (Å²) in [5.41, 5.74) is 0.648. The molecule has 5 rings (SSSR count). The van der Waals surface area contributed by atoms with Crippen molar-refractivity contribution in [3.63, 3.8) is 0 Å². The van der Waals surface area contributed by atoms with Gasteiger partial charge in [0.05, 0.1) is 47.2 Å². The summed E-state index contributed by atoms with van der Waals surface area (Å²) in [6.07, 6.45) is 1.95. The first-order chi connectivity index (χ1) is 28.4. The lowest BCUT2D eigenvalue weighted by Crippen LogP contribution is -2.42. The van der Waals surface area contributed by atoms with Crippen molar-refractivity contribution in [2.24, 2.45) is 0 Å². The van der Waals surface area contributed by atoms with Crippen molar-refractivity contribution in [3.05, 3.63) is 111 Å². The van der Waals surface area contributed by atoms with E-state index in [1.165, 1.54) is 7.11 Å². The van der Waals surface area contributed by atoms with E-state index in [0.717, 1.165) is 60.8 Å². The number of piperidine rings is 1. The molecule has 0 spiro atoms. The quantitative estimate of drug-likeness (QED) is 0.0748. The molecule has 0 saturated carbocycles. The summed E-state index contributed by atoms with van der Waals surface area (Å²) < 4.78 is 17.5. The Balaban J connectivity index is 0.000000526. The number of ether oxygens (including phenoxy) is 1. The molecule has 2 atom stereocenters. The van der Waals surface area contributed by atoms with E-state index in [4.69, 9.17) is 48.4 Å². The number of amides is 1. The molecule has 17 heteroatoms. The third-order valence-electron chi connectivity index (χ3n) is 10.3. The highest BCUT2D eigenvalue weighted by Gasteiger charge is 2.41. The minimum Gasteiger partial charge on any atom is -0.612 e. The second kappa shape index (κ2) is 21.4. The molecular formula is C43H45Cl2N3O11S. The molecule has 4 aromatic rings. The number of hydrogen-bond acceptors (Lipinski definition) is 10. The summed E-state index contributed by atoms with van der Waals surface area (Å²) in [5, 5.41) is 46.0. The Bertz CT molecular complexity index is 2260. The van der Waals surface area contributed by atoms with E-state index in [1.54, 1.807) is 48.5 Å². The molecule has 1 fully saturated rings. The zero-order valence-electron chi connectivity index (χ0n) is 33.1. The number of nitriles is 1. The minimum absolute atomic E-state index is 0.0122. The molecule has 1 aliphatic rings. The highest BCUT2D eigenvalue weighted by atomic mass is 35.5. The predicted molar refractivity (Wildman–Crippen MR) is 225 cm³/mol. The number of carboxylic acid groups (broad SMARTS) is 3. The first-order valence-corrected chi connectivity index (χ1v) is 21.0. The number of aliphatic carboxylic acids is 3. The summed E-state index contributed by atoms with van der Waals surface area (Å²) in [5.74, 6) is -5.38. The van der Waals surface area contributed by atoms with E-state index in [0.29, 0.717) is 38.2 Å². The normalized spacial score (nSPS) is 14.2. The molecule has 4 N–H and O–H groups in total. The van der Waals surface area contributed by atoms with Gasteiger partial charge in [-0.05, 0) is 103 Å². The van der Waals surface area contributed by atoms with Gasteiger partial charge in [0.15, 0.2) is 10.5 Å². The predicted octanol–water partition coefficient (Wildman–Crippen LogP) is 6.42. The molecule has 0 bridgehead atoms. The van der Waals surface area contributed by atoms with Gasteiger partial charge in [0, 0.05) is 36.7 Å². The van der Waals surface area contributed by atoms with Gasteiger partial charge in [-0.3, -0.25) is 14.4 Å². The van der Waals surface area contributed by atoms with E-state index in [-0.39, 0.29) is 17.7 Å². The van der Waals surface area contributed by atoms with E-state index >= 15 is 0 Å². The number of halogens is 2. The number of hydrogen-bond donors (Lipinski definition) is 4. The lowest BCUT2D eigenvalue weighted by atomic mass is 9.88. The van der Waals surface area contributed by atoms with E-state index < -0.39 is 53.5 Å².